The maximum atomic E-state index is 13.3. The van der Waals surface area contributed by atoms with Crippen LogP contribution in [0.5, 0.6) is 5.75 Å². The second-order valence-corrected chi connectivity index (χ2v) is 6.60. The summed E-state index contributed by atoms with van der Waals surface area (Å²) in [6.45, 7) is 3.01. The molecule has 0 spiro atoms. The summed E-state index contributed by atoms with van der Waals surface area (Å²) in [5, 5.41) is 0. The van der Waals surface area contributed by atoms with Crippen molar-refractivity contribution in [2.45, 2.75) is 25.3 Å². The zero-order valence-electron chi connectivity index (χ0n) is 15.4. The van der Waals surface area contributed by atoms with E-state index in [2.05, 4.69) is 0 Å². The minimum Gasteiger partial charge on any atom is -0.491 e. The SMILES string of the molecule is CC1COC[C@@H](COc2ccc(-c3cc(C(N)=O)c(=O)[nH]c3C(F)(F)F)cc2)O1. The number of amides is 1. The number of hydrogen-bond acceptors (Lipinski definition) is 5. The first-order valence-electron chi connectivity index (χ1n) is 8.76. The molecule has 1 amide bonds. The maximum absolute atomic E-state index is 13.3. The summed E-state index contributed by atoms with van der Waals surface area (Å²) in [6, 6.07) is 6.59. The summed E-state index contributed by atoms with van der Waals surface area (Å²) >= 11 is 0. The molecule has 1 aliphatic rings. The quantitative estimate of drug-likeness (QED) is 0.785. The van der Waals surface area contributed by atoms with Gasteiger partial charge in [0.2, 0.25) is 0 Å². The Morgan fingerprint density at radius 3 is 2.55 bits per heavy atom. The lowest BCUT2D eigenvalue weighted by atomic mass is 10.0. The van der Waals surface area contributed by atoms with E-state index in [4.69, 9.17) is 19.9 Å². The van der Waals surface area contributed by atoms with E-state index >= 15 is 0 Å². The number of H-pyrrole nitrogens is 1. The van der Waals surface area contributed by atoms with E-state index in [9.17, 15) is 22.8 Å². The smallest absolute Gasteiger partial charge is 0.431 e. The monoisotopic (exact) mass is 412 g/mol. The number of primary amides is 1. The number of nitrogens with two attached hydrogens (primary N) is 1. The van der Waals surface area contributed by atoms with Gasteiger partial charge in [-0.3, -0.25) is 9.59 Å². The van der Waals surface area contributed by atoms with E-state index in [0.29, 0.717) is 19.0 Å². The van der Waals surface area contributed by atoms with Crippen LogP contribution in [0, 0.1) is 0 Å². The third-order valence-electron chi connectivity index (χ3n) is 4.27. The normalized spacial score (nSPS) is 19.7. The van der Waals surface area contributed by atoms with Gasteiger partial charge in [0.15, 0.2) is 0 Å². The van der Waals surface area contributed by atoms with Gasteiger partial charge in [-0.25, -0.2) is 0 Å². The van der Waals surface area contributed by atoms with Crippen molar-refractivity contribution in [1.29, 1.82) is 0 Å². The number of alkyl halides is 3. The van der Waals surface area contributed by atoms with Gasteiger partial charge < -0.3 is 24.9 Å². The van der Waals surface area contributed by atoms with E-state index in [0.717, 1.165) is 6.07 Å². The average molecular weight is 412 g/mol. The van der Waals surface area contributed by atoms with Crippen molar-refractivity contribution in [3.63, 3.8) is 0 Å². The molecular weight excluding hydrogens is 393 g/mol. The fraction of sp³-hybridized carbons (Fsp3) is 0.368. The summed E-state index contributed by atoms with van der Waals surface area (Å²) in [7, 11) is 0. The molecule has 3 rings (SSSR count). The largest absolute Gasteiger partial charge is 0.491 e. The zero-order valence-corrected chi connectivity index (χ0v) is 15.4. The van der Waals surface area contributed by atoms with Crippen molar-refractivity contribution < 1.29 is 32.2 Å². The van der Waals surface area contributed by atoms with E-state index in [-0.39, 0.29) is 29.9 Å². The van der Waals surface area contributed by atoms with Crippen LogP contribution in [0.25, 0.3) is 11.1 Å². The lowest BCUT2D eigenvalue weighted by Crippen LogP contribution is -2.38. The summed E-state index contributed by atoms with van der Waals surface area (Å²) < 4.78 is 56.7. The van der Waals surface area contributed by atoms with Crippen LogP contribution in [0.1, 0.15) is 23.0 Å². The Kier molecular flexibility index (Phi) is 5.94. The summed E-state index contributed by atoms with van der Waals surface area (Å²) in [6.07, 6.45) is -5.11. The highest BCUT2D eigenvalue weighted by molar-refractivity contribution is 5.93. The van der Waals surface area contributed by atoms with E-state index in [1.165, 1.54) is 24.3 Å². The number of rotatable bonds is 5. The predicted octanol–water partition coefficient (Wildman–Crippen LogP) is 2.34. The molecular formula is C19H19F3N2O5. The number of nitrogens with one attached hydrogen (secondary N) is 1. The molecule has 0 saturated carbocycles. The Bertz CT molecular complexity index is 940. The minimum atomic E-state index is -4.82. The van der Waals surface area contributed by atoms with Crippen LogP contribution in [-0.4, -0.2) is 42.9 Å². The number of carbonyl (C=O) groups is 1. The fourth-order valence-electron chi connectivity index (χ4n) is 2.94. The van der Waals surface area contributed by atoms with Crippen molar-refractivity contribution in [2.75, 3.05) is 19.8 Å². The molecule has 0 radical (unpaired) electrons. The second kappa shape index (κ2) is 8.26. The van der Waals surface area contributed by atoms with Crippen LogP contribution in [0.4, 0.5) is 13.2 Å². The van der Waals surface area contributed by atoms with Crippen molar-refractivity contribution in [3.8, 4) is 16.9 Å². The molecule has 1 saturated heterocycles. The maximum Gasteiger partial charge on any atom is 0.431 e. The molecule has 7 nitrogen and oxygen atoms in total. The molecule has 156 valence electrons. The molecule has 2 atom stereocenters. The molecule has 2 aromatic rings. The standard InChI is InChI=1S/C19H19F3N2O5/c1-10-7-27-8-13(29-10)9-28-12-4-2-11(3-5-12)14-6-15(17(23)25)18(26)24-16(14)19(20,21)22/h2-6,10,13H,7-9H2,1H3,(H2,23,25)(H,24,26)/t10?,13-/m0/s1. The topological polar surface area (TPSA) is 104 Å². The summed E-state index contributed by atoms with van der Waals surface area (Å²) in [5.74, 6) is -0.700. The van der Waals surface area contributed by atoms with Crippen molar-refractivity contribution >= 4 is 5.91 Å². The van der Waals surface area contributed by atoms with E-state index in [1.807, 2.05) is 6.92 Å². The summed E-state index contributed by atoms with van der Waals surface area (Å²) in [5.41, 5.74) is 1.83. The Morgan fingerprint density at radius 1 is 1.28 bits per heavy atom. The van der Waals surface area contributed by atoms with Crippen LogP contribution in [0.15, 0.2) is 35.1 Å². The molecule has 29 heavy (non-hydrogen) atoms. The first-order valence-corrected chi connectivity index (χ1v) is 8.76. The number of hydrogen-bond donors (Lipinski definition) is 2. The van der Waals surface area contributed by atoms with Gasteiger partial charge in [-0.05, 0) is 30.7 Å². The van der Waals surface area contributed by atoms with Crippen LogP contribution >= 0.6 is 0 Å². The van der Waals surface area contributed by atoms with Crippen LogP contribution in [0.3, 0.4) is 0 Å². The highest BCUT2D eigenvalue weighted by Gasteiger charge is 2.36. The van der Waals surface area contributed by atoms with Gasteiger partial charge >= 0.3 is 6.18 Å². The van der Waals surface area contributed by atoms with Gasteiger partial charge in [0.05, 0.1) is 19.3 Å². The molecule has 1 aromatic carbocycles. The number of benzene rings is 1. The number of pyridine rings is 1. The Hall–Kier alpha value is -2.85. The average Bonchev–Trinajstić information content (AvgIpc) is 2.66. The Labute approximate surface area is 163 Å². The minimum absolute atomic E-state index is 0.0415. The highest BCUT2D eigenvalue weighted by atomic mass is 19.4. The molecule has 0 aliphatic carbocycles. The van der Waals surface area contributed by atoms with Gasteiger partial charge in [-0.2, -0.15) is 13.2 Å². The number of aromatic nitrogens is 1. The molecule has 0 bridgehead atoms. The lowest BCUT2D eigenvalue weighted by molar-refractivity contribution is -0.140. The van der Waals surface area contributed by atoms with Gasteiger partial charge in [0.1, 0.15) is 29.7 Å². The van der Waals surface area contributed by atoms with Crippen LogP contribution in [-0.2, 0) is 15.7 Å². The highest BCUT2D eigenvalue weighted by Crippen LogP contribution is 2.35. The van der Waals surface area contributed by atoms with Crippen molar-refractivity contribution in [1.82, 2.24) is 4.98 Å². The predicted molar refractivity (Wildman–Crippen MR) is 96.7 cm³/mol. The van der Waals surface area contributed by atoms with E-state index < -0.39 is 28.9 Å². The number of carbonyl (C=O) groups excluding carboxylic acids is 1. The zero-order chi connectivity index (χ0) is 21.2. The molecule has 1 fully saturated rings. The van der Waals surface area contributed by atoms with Gasteiger partial charge in [0.25, 0.3) is 11.5 Å². The Morgan fingerprint density at radius 2 is 1.97 bits per heavy atom. The van der Waals surface area contributed by atoms with Crippen LogP contribution < -0.4 is 16.0 Å². The number of aromatic amines is 1. The van der Waals surface area contributed by atoms with Crippen molar-refractivity contribution in [3.05, 3.63) is 51.9 Å². The van der Waals surface area contributed by atoms with Crippen molar-refractivity contribution in [2.24, 2.45) is 5.73 Å². The third-order valence-corrected chi connectivity index (χ3v) is 4.27. The van der Waals surface area contributed by atoms with Gasteiger partial charge in [0, 0.05) is 5.56 Å². The van der Waals surface area contributed by atoms with E-state index in [1.54, 1.807) is 4.98 Å². The molecule has 10 heteroatoms. The Balaban J connectivity index is 1.84. The molecule has 1 unspecified atom stereocenters. The number of halogens is 3. The first kappa shape index (κ1) is 20.9. The number of ether oxygens (including phenoxy) is 3. The molecule has 1 aliphatic heterocycles. The fourth-order valence-corrected chi connectivity index (χ4v) is 2.94. The van der Waals surface area contributed by atoms with Crippen LogP contribution in [0.2, 0.25) is 0 Å². The van der Waals surface area contributed by atoms with Gasteiger partial charge in [-0.15, -0.1) is 0 Å². The molecule has 3 N–H and O–H groups in total. The first-order chi connectivity index (χ1) is 13.6. The summed E-state index contributed by atoms with van der Waals surface area (Å²) in [4.78, 5) is 24.8. The molecule has 1 aromatic heterocycles. The second-order valence-electron chi connectivity index (χ2n) is 6.60. The lowest BCUT2D eigenvalue weighted by Gasteiger charge is -2.27. The molecule has 2 heterocycles. The van der Waals surface area contributed by atoms with Gasteiger partial charge in [-0.1, -0.05) is 12.1 Å². The third kappa shape index (κ3) is 4.96.